The van der Waals surface area contributed by atoms with Gasteiger partial charge in [0, 0.05) is 18.2 Å². The summed E-state index contributed by atoms with van der Waals surface area (Å²) in [4.78, 5) is 21.6. The van der Waals surface area contributed by atoms with E-state index in [1.54, 1.807) is 6.92 Å². The average Bonchev–Trinajstić information content (AvgIpc) is 2.75. The molecule has 0 saturated heterocycles. The van der Waals surface area contributed by atoms with Gasteiger partial charge in [0.2, 0.25) is 0 Å². The van der Waals surface area contributed by atoms with Crippen LogP contribution < -0.4 is 4.74 Å². The highest BCUT2D eigenvalue weighted by Gasteiger charge is 2.17. The van der Waals surface area contributed by atoms with Gasteiger partial charge in [-0.05, 0) is 13.0 Å². The molecule has 0 radical (unpaired) electrons. The van der Waals surface area contributed by atoms with Crippen molar-refractivity contribution in [1.29, 1.82) is 0 Å². The molecule has 0 aliphatic rings. The minimum Gasteiger partial charge on any atom is -0.422 e. The molecule has 0 amide bonds. The minimum absolute atomic E-state index is 0.00646. The molecule has 2 rings (SSSR count). The summed E-state index contributed by atoms with van der Waals surface area (Å²) >= 11 is 5.69. The molecule has 98 valence electrons. The van der Waals surface area contributed by atoms with Crippen molar-refractivity contribution in [3.63, 3.8) is 0 Å². The third kappa shape index (κ3) is 2.89. The van der Waals surface area contributed by atoms with Crippen LogP contribution in [0.4, 0.5) is 5.69 Å². The number of ether oxygens (including phenoxy) is 1. The average molecular weight is 283 g/mol. The minimum atomic E-state index is -0.734. The van der Waals surface area contributed by atoms with Crippen molar-refractivity contribution < 1.29 is 19.0 Å². The Balaban J connectivity index is 2.18. The number of hydrogen-bond donors (Lipinski definition) is 0. The van der Waals surface area contributed by atoms with E-state index in [0.717, 1.165) is 6.07 Å². The first-order chi connectivity index (χ1) is 8.97. The van der Waals surface area contributed by atoms with Crippen LogP contribution in [0.5, 0.6) is 5.75 Å². The summed E-state index contributed by atoms with van der Waals surface area (Å²) < 4.78 is 9.69. The maximum atomic E-state index is 11.6. The van der Waals surface area contributed by atoms with E-state index < -0.39 is 10.9 Å². The second-order valence-electron chi connectivity index (χ2n) is 3.58. The molecule has 0 N–H and O–H groups in total. The standard InChI is InChI=1S/C11H7ClN2O5/c1-6-4-9(13-19-6)11(15)18-7-2-3-10(14(16)17)8(12)5-7/h2-5H,1H3. The zero-order chi connectivity index (χ0) is 14.0. The number of esters is 1. The topological polar surface area (TPSA) is 95.5 Å². The predicted molar refractivity (Wildman–Crippen MR) is 64.3 cm³/mol. The summed E-state index contributed by atoms with van der Waals surface area (Å²) in [6.07, 6.45) is 0. The number of nitro benzene ring substituents is 1. The van der Waals surface area contributed by atoms with Gasteiger partial charge in [-0.25, -0.2) is 4.79 Å². The second-order valence-corrected chi connectivity index (χ2v) is 3.99. The Bertz CT molecular complexity index is 652. The Morgan fingerprint density at radius 3 is 2.74 bits per heavy atom. The summed E-state index contributed by atoms with van der Waals surface area (Å²) in [5.41, 5.74) is -0.259. The fraction of sp³-hybridized carbons (Fsp3) is 0.0909. The van der Waals surface area contributed by atoms with Crippen molar-refractivity contribution in [2.45, 2.75) is 6.92 Å². The van der Waals surface area contributed by atoms with Gasteiger partial charge >= 0.3 is 5.97 Å². The lowest BCUT2D eigenvalue weighted by Crippen LogP contribution is -2.08. The number of aromatic nitrogens is 1. The van der Waals surface area contributed by atoms with Crippen molar-refractivity contribution >= 4 is 23.3 Å². The van der Waals surface area contributed by atoms with Gasteiger partial charge in [-0.15, -0.1) is 0 Å². The fourth-order valence-corrected chi connectivity index (χ4v) is 1.56. The molecular weight excluding hydrogens is 276 g/mol. The van der Waals surface area contributed by atoms with Gasteiger partial charge in [0.25, 0.3) is 5.69 Å². The number of carbonyl (C=O) groups excluding carboxylic acids is 1. The number of aryl methyl sites for hydroxylation is 1. The lowest BCUT2D eigenvalue weighted by molar-refractivity contribution is -0.384. The molecule has 0 bridgehead atoms. The summed E-state index contributed by atoms with van der Waals surface area (Å²) in [5.74, 6) is -0.184. The number of nitro groups is 1. The van der Waals surface area contributed by atoms with Crippen molar-refractivity contribution in [2.24, 2.45) is 0 Å². The highest BCUT2D eigenvalue weighted by molar-refractivity contribution is 6.32. The zero-order valence-corrected chi connectivity index (χ0v) is 10.4. The van der Waals surface area contributed by atoms with E-state index in [2.05, 4.69) is 5.16 Å². The Labute approximate surface area is 111 Å². The van der Waals surface area contributed by atoms with Crippen LogP contribution in [-0.4, -0.2) is 16.0 Å². The van der Waals surface area contributed by atoms with Crippen LogP contribution in [0, 0.1) is 17.0 Å². The highest BCUT2D eigenvalue weighted by Crippen LogP contribution is 2.28. The van der Waals surface area contributed by atoms with Gasteiger partial charge in [0.1, 0.15) is 16.5 Å². The van der Waals surface area contributed by atoms with E-state index in [0.29, 0.717) is 5.76 Å². The lowest BCUT2D eigenvalue weighted by atomic mass is 10.3. The Hall–Kier alpha value is -2.41. The summed E-state index contributed by atoms with van der Waals surface area (Å²) in [6.45, 7) is 1.63. The number of nitrogens with zero attached hydrogens (tertiary/aromatic N) is 2. The zero-order valence-electron chi connectivity index (χ0n) is 9.62. The number of rotatable bonds is 3. The van der Waals surface area contributed by atoms with E-state index in [1.165, 1.54) is 18.2 Å². The third-order valence-electron chi connectivity index (χ3n) is 2.16. The predicted octanol–water partition coefficient (Wildman–Crippen LogP) is 2.76. The van der Waals surface area contributed by atoms with Gasteiger partial charge in [0.15, 0.2) is 5.69 Å². The lowest BCUT2D eigenvalue weighted by Gasteiger charge is -2.02. The Morgan fingerprint density at radius 1 is 1.47 bits per heavy atom. The molecular formula is C11H7ClN2O5. The Morgan fingerprint density at radius 2 is 2.21 bits per heavy atom. The molecule has 0 spiro atoms. The molecule has 0 saturated carbocycles. The SMILES string of the molecule is Cc1cc(C(=O)Oc2ccc([N+](=O)[O-])c(Cl)c2)no1. The summed E-state index contributed by atoms with van der Waals surface area (Å²) in [5, 5.41) is 13.9. The van der Waals surface area contributed by atoms with Gasteiger partial charge in [-0.1, -0.05) is 16.8 Å². The summed E-state index contributed by atoms with van der Waals surface area (Å²) in [7, 11) is 0. The van der Waals surface area contributed by atoms with Gasteiger partial charge < -0.3 is 9.26 Å². The van der Waals surface area contributed by atoms with Crippen LogP contribution in [0.2, 0.25) is 5.02 Å². The van der Waals surface area contributed by atoms with Crippen LogP contribution in [0.3, 0.4) is 0 Å². The fourth-order valence-electron chi connectivity index (χ4n) is 1.32. The van der Waals surface area contributed by atoms with Gasteiger partial charge in [-0.2, -0.15) is 0 Å². The Kier molecular flexibility index (Phi) is 3.48. The molecule has 1 heterocycles. The van der Waals surface area contributed by atoms with E-state index in [-0.39, 0.29) is 22.2 Å². The van der Waals surface area contributed by atoms with Crippen LogP contribution >= 0.6 is 11.6 Å². The maximum Gasteiger partial charge on any atom is 0.365 e. The van der Waals surface area contributed by atoms with Crippen molar-refractivity contribution in [1.82, 2.24) is 5.16 Å². The molecule has 0 aliphatic heterocycles. The van der Waals surface area contributed by atoms with Crippen molar-refractivity contribution in [2.75, 3.05) is 0 Å². The maximum absolute atomic E-state index is 11.6. The molecule has 1 aromatic heterocycles. The molecule has 1 aromatic carbocycles. The first-order valence-corrected chi connectivity index (χ1v) is 5.44. The van der Waals surface area contributed by atoms with E-state index in [9.17, 15) is 14.9 Å². The highest BCUT2D eigenvalue weighted by atomic mass is 35.5. The smallest absolute Gasteiger partial charge is 0.365 e. The van der Waals surface area contributed by atoms with Gasteiger partial charge in [-0.3, -0.25) is 10.1 Å². The first-order valence-electron chi connectivity index (χ1n) is 5.07. The molecule has 7 nitrogen and oxygen atoms in total. The number of carbonyl (C=O) groups is 1. The monoisotopic (exact) mass is 282 g/mol. The van der Waals surface area contributed by atoms with E-state index in [1.807, 2.05) is 0 Å². The largest absolute Gasteiger partial charge is 0.422 e. The van der Waals surface area contributed by atoms with Crippen LogP contribution in [0.1, 0.15) is 16.2 Å². The number of hydrogen-bond acceptors (Lipinski definition) is 6. The second kappa shape index (κ2) is 5.07. The molecule has 8 heteroatoms. The van der Waals surface area contributed by atoms with Gasteiger partial charge in [0.05, 0.1) is 4.92 Å². The van der Waals surface area contributed by atoms with Crippen LogP contribution in [-0.2, 0) is 0 Å². The summed E-state index contributed by atoms with van der Waals surface area (Å²) in [6, 6.07) is 5.02. The number of halogens is 1. The molecule has 0 unspecified atom stereocenters. The molecule has 0 aliphatic carbocycles. The first kappa shape index (κ1) is 13.0. The quantitative estimate of drug-likeness (QED) is 0.372. The molecule has 0 fully saturated rings. The van der Waals surface area contributed by atoms with Crippen molar-refractivity contribution in [3.05, 3.63) is 50.9 Å². The van der Waals surface area contributed by atoms with Crippen molar-refractivity contribution in [3.8, 4) is 5.75 Å². The van der Waals surface area contributed by atoms with E-state index in [4.69, 9.17) is 20.9 Å². The normalized spacial score (nSPS) is 10.2. The van der Waals surface area contributed by atoms with Crippen LogP contribution in [0.15, 0.2) is 28.8 Å². The third-order valence-corrected chi connectivity index (χ3v) is 2.47. The van der Waals surface area contributed by atoms with Crippen LogP contribution in [0.25, 0.3) is 0 Å². The molecule has 2 aromatic rings. The van der Waals surface area contributed by atoms with E-state index >= 15 is 0 Å². The molecule has 0 atom stereocenters. The number of benzene rings is 1. The molecule has 19 heavy (non-hydrogen) atoms.